The molecule has 0 radical (unpaired) electrons. The summed E-state index contributed by atoms with van der Waals surface area (Å²) in [4.78, 5) is 30.7. The Morgan fingerprint density at radius 1 is 0.245 bits per heavy atom. The topological polar surface area (TPSA) is 42.1 Å². The molecule has 110 heavy (non-hydrogen) atoms. The Labute approximate surface area is 701 Å². The first-order valence-electron chi connectivity index (χ1n) is 42.1. The molecule has 13 rings (SSSR count). The third-order valence-corrected chi connectivity index (χ3v) is 23.6. The Morgan fingerprint density at radius 2 is 0.482 bits per heavy atom. The first kappa shape index (κ1) is 129. The number of nitrogens with zero attached hydrogens (tertiary/aromatic N) is 13. The van der Waals surface area contributed by atoms with E-state index in [9.17, 15) is 0 Å². The van der Waals surface area contributed by atoms with Gasteiger partial charge in [-0.05, 0) is 404 Å². The van der Waals surface area contributed by atoms with Crippen LogP contribution in [0.5, 0.6) is 0 Å². The van der Waals surface area contributed by atoms with Crippen LogP contribution in [-0.4, -0.2) is 304 Å². The predicted octanol–water partition coefficient (Wildman–Crippen LogP) is 23.2. The lowest BCUT2D eigenvalue weighted by molar-refractivity contribution is 0.200. The van der Waals surface area contributed by atoms with E-state index in [4.69, 9.17) is 0 Å². The van der Waals surface area contributed by atoms with Crippen LogP contribution in [-0.2, 0) is 0 Å². The van der Waals surface area contributed by atoms with Gasteiger partial charge in [-0.25, -0.2) is 0 Å². The summed E-state index contributed by atoms with van der Waals surface area (Å²) in [6.45, 7) is 54.3. The highest BCUT2D eigenvalue weighted by Crippen LogP contribution is 2.20. The van der Waals surface area contributed by atoms with Gasteiger partial charge in [-0.2, -0.15) is 0 Å². The molecule has 8 unspecified atom stereocenters. The fourth-order valence-electron chi connectivity index (χ4n) is 14.5. The number of allylic oxidation sites excluding steroid dienone is 4. The molecule has 0 aromatic heterocycles. The highest BCUT2D eigenvalue weighted by molar-refractivity contribution is 5.19. The molecule has 0 saturated carbocycles. The lowest BCUT2D eigenvalue weighted by atomic mass is 10.00. The lowest BCUT2D eigenvalue weighted by Gasteiger charge is -2.29. The van der Waals surface area contributed by atoms with Crippen molar-refractivity contribution in [3.8, 4) is 0 Å². The van der Waals surface area contributed by atoms with Gasteiger partial charge in [-0.15, -0.1) is 0 Å². The van der Waals surface area contributed by atoms with Gasteiger partial charge >= 0.3 is 0 Å². The van der Waals surface area contributed by atoms with Crippen LogP contribution in [0.1, 0.15) is 306 Å². The van der Waals surface area contributed by atoms with Gasteiger partial charge in [0.15, 0.2) is 0 Å². The first-order chi connectivity index (χ1) is 47.3. The summed E-state index contributed by atoms with van der Waals surface area (Å²) in [5.41, 5.74) is 1.36. The monoisotopic (exact) mass is 1570 g/mol. The van der Waals surface area contributed by atoms with E-state index in [1.54, 1.807) is 0 Å². The van der Waals surface area contributed by atoms with E-state index in [-0.39, 0.29) is 74.3 Å². The molecule has 8 atom stereocenters. The normalized spacial score (nSPS) is 26.9. The van der Waals surface area contributed by atoms with E-state index >= 15 is 0 Å². The Bertz CT molecular complexity index is 1750. The average Bonchev–Trinajstić information content (AvgIpc) is 1.29. The Kier molecular flexibility index (Phi) is 91.7. The highest BCUT2D eigenvalue weighted by atomic mass is 15.2. The van der Waals surface area contributed by atoms with Crippen LogP contribution >= 0.6 is 0 Å². The zero-order chi connectivity index (χ0) is 75.0. The summed E-state index contributed by atoms with van der Waals surface area (Å²) in [7, 11) is 28.3. The molecule has 0 spiro atoms. The molecule has 0 aromatic rings. The van der Waals surface area contributed by atoms with Gasteiger partial charge in [0.05, 0.1) is 0 Å². The van der Waals surface area contributed by atoms with Crippen molar-refractivity contribution in [2.45, 2.75) is 330 Å². The van der Waals surface area contributed by atoms with Gasteiger partial charge in [0.2, 0.25) is 0 Å². The lowest BCUT2D eigenvalue weighted by Crippen LogP contribution is -2.33. The fraction of sp³-hybridized carbons (Fsp3) is 0.918. The van der Waals surface area contributed by atoms with Crippen molar-refractivity contribution in [3.63, 3.8) is 0 Å². The molecule has 0 aromatic carbocycles. The number of likely N-dealkylation sites (tertiary alicyclic amines) is 11. The van der Waals surface area contributed by atoms with Crippen molar-refractivity contribution in [2.75, 3.05) is 216 Å². The van der Waals surface area contributed by atoms with E-state index < -0.39 is 0 Å². The predicted molar refractivity (Wildman–Crippen MR) is 515 cm³/mol. The molecule has 13 heterocycles. The van der Waals surface area contributed by atoms with E-state index in [1.165, 1.54) is 265 Å². The molecule has 13 heteroatoms. The summed E-state index contributed by atoms with van der Waals surface area (Å²) in [6, 6.07) is 3.37. The summed E-state index contributed by atoms with van der Waals surface area (Å²) >= 11 is 0. The number of hydrogen-bond acceptors (Lipinski definition) is 13. The zero-order valence-electron chi connectivity index (χ0n) is 72.3. The van der Waals surface area contributed by atoms with E-state index in [0.717, 1.165) is 72.1 Å². The average molecular weight is 1570 g/mol. The van der Waals surface area contributed by atoms with Crippen molar-refractivity contribution in [3.05, 3.63) is 48.5 Å². The van der Waals surface area contributed by atoms with Gasteiger partial charge in [-0.1, -0.05) is 166 Å². The molecule has 0 bridgehead atoms. The fourth-order valence-corrected chi connectivity index (χ4v) is 14.5. The Balaban J connectivity index is -0.000000122. The smallest absolute Gasteiger partial charge is 0.0356 e. The third-order valence-electron chi connectivity index (χ3n) is 23.6. The second-order valence-electron chi connectivity index (χ2n) is 35.3. The van der Waals surface area contributed by atoms with Crippen LogP contribution in [0.3, 0.4) is 0 Å². The van der Waals surface area contributed by atoms with Gasteiger partial charge in [0.1, 0.15) is 0 Å². The SMILES string of the molecule is C.C.C.C.C.C.C.C.C.C.CC1=CCN(C)C=C1.CC1C=CN(C)C=C1.CC1CCCCN1C.CC1CCCCN1C.CC1CCCN(C)C1.CC1CCCN(C)C1.CC1CCCN1C.CC1CCCN1C.CC1CCN(C)C1.CC1CCN(C)C1.CC1CCN(C)CC1.CC1CCN(C)CC1.CC1CCN(C)CC1. The molecule has 0 N–H and O–H groups in total. The van der Waals surface area contributed by atoms with E-state index in [0.29, 0.717) is 5.92 Å². The van der Waals surface area contributed by atoms with Crippen molar-refractivity contribution < 1.29 is 0 Å². The minimum absolute atomic E-state index is 0. The second kappa shape index (κ2) is 78.3. The van der Waals surface area contributed by atoms with Gasteiger partial charge in [-0.3, -0.25) is 0 Å². The van der Waals surface area contributed by atoms with Gasteiger partial charge in [0, 0.05) is 71.0 Å². The summed E-state index contributed by atoms with van der Waals surface area (Å²) in [6.07, 6.45) is 45.8. The van der Waals surface area contributed by atoms with Crippen molar-refractivity contribution in [2.24, 2.45) is 47.3 Å². The van der Waals surface area contributed by atoms with E-state index in [1.807, 2.05) is 11.9 Å². The Morgan fingerprint density at radius 3 is 0.636 bits per heavy atom. The maximum Gasteiger partial charge on any atom is 0.0356 e. The molecule has 13 aliphatic heterocycles. The molecule has 0 amide bonds. The van der Waals surface area contributed by atoms with E-state index in [2.05, 4.69) is 276 Å². The van der Waals surface area contributed by atoms with Crippen LogP contribution < -0.4 is 0 Å². The molecular formula is C97H219N13. The maximum atomic E-state index is 2.43. The minimum Gasteiger partial charge on any atom is -0.377 e. The van der Waals surface area contributed by atoms with Crippen LogP contribution in [0.15, 0.2) is 48.5 Å². The summed E-state index contributed by atoms with van der Waals surface area (Å²) in [5.74, 6) is 7.33. The number of rotatable bonds is 0. The largest absolute Gasteiger partial charge is 0.377 e. The first-order valence-corrected chi connectivity index (χ1v) is 42.1. The van der Waals surface area contributed by atoms with Crippen molar-refractivity contribution in [1.82, 2.24) is 63.7 Å². The maximum absolute atomic E-state index is 2.43. The zero-order valence-corrected chi connectivity index (χ0v) is 72.3. The summed E-state index contributed by atoms with van der Waals surface area (Å²) < 4.78 is 0. The highest BCUT2D eigenvalue weighted by Gasteiger charge is 2.19. The van der Waals surface area contributed by atoms with Crippen LogP contribution in [0, 0.1) is 47.3 Å². The standard InChI is InChI=1S/3C7H15N.2C7H11N.4C7H15N.4C6H13N.10CH4/c5*1-7-3-5-8(2)6-4-7;2*1-7-4-3-5-8(2)6-7;2*1-7-5-3-4-6-8(7)2;2*1-6-3-4-7(2)5-6;2*1-6-4-3-5-7(6)2;;;;;;;;;;/h3*7H,3-6H2,1-2H3;3-5H,6H2,1-2H3;3-7H,1-2H3;4*7H,3-6H2,1-2H3;4*6H,3-5H2,1-2H3;10*1H4. The Hall–Kier alpha value is -1.88. The molecule has 672 valence electrons. The summed E-state index contributed by atoms with van der Waals surface area (Å²) in [5, 5.41) is 0. The molecular weight excluding hydrogens is 1350 g/mol. The van der Waals surface area contributed by atoms with Crippen molar-refractivity contribution >= 4 is 0 Å². The molecule has 13 nitrogen and oxygen atoms in total. The van der Waals surface area contributed by atoms with Gasteiger partial charge < -0.3 is 63.7 Å². The second-order valence-corrected chi connectivity index (χ2v) is 35.3. The quantitative estimate of drug-likeness (QED) is 0.232. The number of likely N-dealkylation sites (N-methyl/N-ethyl adjacent to an activating group) is 1. The minimum atomic E-state index is 0. The molecule has 11 saturated heterocycles. The number of piperidine rings is 7. The van der Waals surface area contributed by atoms with Gasteiger partial charge in [0.25, 0.3) is 0 Å². The molecule has 13 aliphatic rings. The van der Waals surface area contributed by atoms with Crippen LogP contribution in [0.2, 0.25) is 0 Å². The van der Waals surface area contributed by atoms with Crippen molar-refractivity contribution in [1.29, 1.82) is 0 Å². The number of hydrogen-bond donors (Lipinski definition) is 0. The molecule has 0 aliphatic carbocycles. The van der Waals surface area contributed by atoms with Crippen LogP contribution in [0.4, 0.5) is 0 Å². The molecule has 11 fully saturated rings. The van der Waals surface area contributed by atoms with Crippen LogP contribution in [0.25, 0.3) is 0 Å². The third kappa shape index (κ3) is 71.4.